The van der Waals surface area contributed by atoms with Crippen LogP contribution in [0.4, 0.5) is 0 Å². The van der Waals surface area contributed by atoms with E-state index in [-0.39, 0.29) is 18.0 Å². The van der Waals surface area contributed by atoms with Crippen LogP contribution in [0, 0.1) is 5.92 Å². The Morgan fingerprint density at radius 2 is 1.82 bits per heavy atom. The van der Waals surface area contributed by atoms with Crippen molar-refractivity contribution in [2.45, 2.75) is 31.7 Å². The quantitative estimate of drug-likeness (QED) is 0.808. The SMILES string of the molecule is Cl.O=c1c2cccc3c2c(cn1C1CN2CCC1CC2)CC3. The van der Waals surface area contributed by atoms with Gasteiger partial charge >= 0.3 is 0 Å². The summed E-state index contributed by atoms with van der Waals surface area (Å²) in [5.41, 5.74) is 2.98. The maximum atomic E-state index is 13.0. The molecule has 3 fully saturated rings. The molecule has 4 heteroatoms. The molecule has 4 heterocycles. The lowest BCUT2D eigenvalue weighted by atomic mass is 9.83. The summed E-state index contributed by atoms with van der Waals surface area (Å²) in [6, 6.07) is 6.64. The minimum absolute atomic E-state index is 0. The Kier molecular flexibility index (Phi) is 3.31. The number of benzene rings is 1. The highest BCUT2D eigenvalue weighted by Crippen LogP contribution is 2.36. The van der Waals surface area contributed by atoms with Crippen molar-refractivity contribution in [2.24, 2.45) is 5.92 Å². The highest BCUT2D eigenvalue weighted by molar-refractivity contribution is 5.89. The Balaban J connectivity index is 0.00000125. The van der Waals surface area contributed by atoms with Crippen molar-refractivity contribution >= 4 is 23.2 Å². The van der Waals surface area contributed by atoms with Gasteiger partial charge in [0.2, 0.25) is 0 Å². The van der Waals surface area contributed by atoms with Crippen LogP contribution in [-0.4, -0.2) is 29.1 Å². The van der Waals surface area contributed by atoms with Crippen LogP contribution in [0.15, 0.2) is 29.2 Å². The van der Waals surface area contributed by atoms with E-state index in [0.29, 0.717) is 12.0 Å². The molecule has 2 aromatic rings. The number of aryl methyl sites for hydroxylation is 2. The molecular weight excluding hydrogens is 296 g/mol. The summed E-state index contributed by atoms with van der Waals surface area (Å²) in [5.74, 6) is 0.696. The maximum absolute atomic E-state index is 13.0. The van der Waals surface area contributed by atoms with Crippen molar-refractivity contribution in [3.63, 3.8) is 0 Å². The summed E-state index contributed by atoms with van der Waals surface area (Å²) in [6.07, 6.45) is 6.89. The van der Waals surface area contributed by atoms with Gasteiger partial charge in [0.15, 0.2) is 0 Å². The zero-order valence-corrected chi connectivity index (χ0v) is 13.4. The fraction of sp³-hybridized carbons (Fsp3) is 0.500. The summed E-state index contributed by atoms with van der Waals surface area (Å²) in [5, 5.41) is 2.19. The molecule has 1 aliphatic carbocycles. The summed E-state index contributed by atoms with van der Waals surface area (Å²) in [6.45, 7) is 3.51. The summed E-state index contributed by atoms with van der Waals surface area (Å²) in [4.78, 5) is 15.5. The molecule has 1 aromatic heterocycles. The number of hydrogen-bond acceptors (Lipinski definition) is 2. The highest BCUT2D eigenvalue weighted by atomic mass is 35.5. The Hall–Kier alpha value is -1.32. The number of hydrogen-bond donors (Lipinski definition) is 0. The van der Waals surface area contributed by atoms with Gasteiger partial charge in [0.25, 0.3) is 5.56 Å². The van der Waals surface area contributed by atoms with E-state index in [1.54, 1.807) is 0 Å². The third-order valence-electron chi connectivity index (χ3n) is 5.87. The van der Waals surface area contributed by atoms with Crippen LogP contribution in [0.2, 0.25) is 0 Å². The van der Waals surface area contributed by atoms with Crippen molar-refractivity contribution in [1.29, 1.82) is 0 Å². The fourth-order valence-electron chi connectivity index (χ4n) is 4.75. The number of pyridine rings is 1. The highest BCUT2D eigenvalue weighted by Gasteiger charge is 2.36. The van der Waals surface area contributed by atoms with Crippen molar-refractivity contribution in [1.82, 2.24) is 9.47 Å². The molecule has 3 saturated heterocycles. The van der Waals surface area contributed by atoms with Gasteiger partial charge in [-0.05, 0) is 67.3 Å². The molecule has 0 spiro atoms. The molecule has 1 unspecified atom stereocenters. The van der Waals surface area contributed by atoms with Gasteiger partial charge in [0.1, 0.15) is 0 Å². The smallest absolute Gasteiger partial charge is 0.258 e. The van der Waals surface area contributed by atoms with Crippen molar-refractivity contribution in [3.05, 3.63) is 45.9 Å². The van der Waals surface area contributed by atoms with E-state index in [0.717, 1.165) is 24.8 Å². The molecule has 4 aliphatic rings. The standard InChI is InChI=1S/C18H20N2O.ClH/c21-18-15-3-1-2-13-4-5-14(17(13)15)10-20(18)16-11-19-8-6-12(16)7-9-19;/h1-3,10,12,16H,4-9,11H2;1H. The van der Waals surface area contributed by atoms with Crippen LogP contribution in [0.3, 0.4) is 0 Å². The lowest BCUT2D eigenvalue weighted by Crippen LogP contribution is -2.50. The van der Waals surface area contributed by atoms with Crippen molar-refractivity contribution < 1.29 is 0 Å². The lowest BCUT2D eigenvalue weighted by molar-refractivity contribution is 0.0556. The van der Waals surface area contributed by atoms with Crippen LogP contribution in [0.25, 0.3) is 10.8 Å². The molecule has 1 atom stereocenters. The molecule has 0 amide bonds. The fourth-order valence-corrected chi connectivity index (χ4v) is 4.75. The molecule has 2 bridgehead atoms. The molecule has 3 nitrogen and oxygen atoms in total. The molecule has 6 rings (SSSR count). The first-order chi connectivity index (χ1) is 10.3. The maximum Gasteiger partial charge on any atom is 0.258 e. The van der Waals surface area contributed by atoms with E-state index in [9.17, 15) is 4.79 Å². The summed E-state index contributed by atoms with van der Waals surface area (Å²) in [7, 11) is 0. The second-order valence-electron chi connectivity index (χ2n) is 6.91. The molecule has 0 radical (unpaired) electrons. The zero-order valence-electron chi connectivity index (χ0n) is 12.6. The largest absolute Gasteiger partial charge is 0.310 e. The average molecular weight is 317 g/mol. The predicted octanol–water partition coefficient (Wildman–Crippen LogP) is 2.79. The molecule has 3 aliphatic heterocycles. The van der Waals surface area contributed by atoms with E-state index in [4.69, 9.17) is 0 Å². The van der Waals surface area contributed by atoms with Gasteiger partial charge in [0, 0.05) is 18.1 Å². The second kappa shape index (κ2) is 5.10. The molecule has 116 valence electrons. The minimum Gasteiger partial charge on any atom is -0.310 e. The summed E-state index contributed by atoms with van der Waals surface area (Å²) >= 11 is 0. The molecule has 22 heavy (non-hydrogen) atoms. The van der Waals surface area contributed by atoms with Crippen LogP contribution in [0.5, 0.6) is 0 Å². The number of nitrogens with zero attached hydrogens (tertiary/aromatic N) is 2. The predicted molar refractivity (Wildman–Crippen MR) is 91.1 cm³/mol. The van der Waals surface area contributed by atoms with Crippen LogP contribution < -0.4 is 5.56 Å². The van der Waals surface area contributed by atoms with E-state index in [1.165, 1.54) is 42.4 Å². The normalized spacial score (nSPS) is 28.8. The van der Waals surface area contributed by atoms with Gasteiger partial charge in [0.05, 0.1) is 6.04 Å². The number of halogens is 1. The Morgan fingerprint density at radius 1 is 1.05 bits per heavy atom. The zero-order chi connectivity index (χ0) is 14.0. The molecule has 0 N–H and O–H groups in total. The lowest BCUT2D eigenvalue weighted by Gasteiger charge is -2.45. The second-order valence-corrected chi connectivity index (χ2v) is 6.91. The monoisotopic (exact) mass is 316 g/mol. The van der Waals surface area contributed by atoms with Gasteiger partial charge in [-0.2, -0.15) is 0 Å². The summed E-state index contributed by atoms with van der Waals surface area (Å²) < 4.78 is 2.09. The minimum atomic E-state index is 0. The van der Waals surface area contributed by atoms with E-state index < -0.39 is 0 Å². The Morgan fingerprint density at radius 3 is 2.55 bits per heavy atom. The van der Waals surface area contributed by atoms with Crippen molar-refractivity contribution in [2.75, 3.05) is 19.6 Å². The van der Waals surface area contributed by atoms with Gasteiger partial charge in [-0.25, -0.2) is 0 Å². The van der Waals surface area contributed by atoms with Crippen molar-refractivity contribution in [3.8, 4) is 0 Å². The molecule has 1 aromatic carbocycles. The first kappa shape index (κ1) is 14.3. The van der Waals surface area contributed by atoms with Crippen LogP contribution >= 0.6 is 12.4 Å². The topological polar surface area (TPSA) is 25.2 Å². The molecule has 0 saturated carbocycles. The third-order valence-corrected chi connectivity index (χ3v) is 5.87. The van der Waals surface area contributed by atoms with E-state index >= 15 is 0 Å². The van der Waals surface area contributed by atoms with E-state index in [2.05, 4.69) is 27.8 Å². The third kappa shape index (κ3) is 1.88. The van der Waals surface area contributed by atoms with Gasteiger partial charge in [-0.1, -0.05) is 12.1 Å². The Labute approximate surface area is 136 Å². The number of aromatic nitrogens is 1. The number of fused-ring (bicyclic) bond motifs is 3. The van der Waals surface area contributed by atoms with E-state index in [1.807, 2.05) is 6.07 Å². The average Bonchev–Trinajstić information content (AvgIpc) is 2.96. The van der Waals surface area contributed by atoms with Crippen LogP contribution in [0.1, 0.15) is 30.0 Å². The first-order valence-electron chi connectivity index (χ1n) is 8.19. The van der Waals surface area contributed by atoms with Gasteiger partial charge < -0.3 is 9.47 Å². The first-order valence-corrected chi connectivity index (χ1v) is 8.19. The molecular formula is C18H21ClN2O. The number of piperidine rings is 3. The Bertz CT molecular complexity index is 790. The number of rotatable bonds is 1. The van der Waals surface area contributed by atoms with Crippen LogP contribution in [-0.2, 0) is 12.8 Å². The van der Waals surface area contributed by atoms with Gasteiger partial charge in [-0.3, -0.25) is 4.79 Å². The van der Waals surface area contributed by atoms with Gasteiger partial charge in [-0.15, -0.1) is 12.4 Å².